The number of carbonyl (C=O) groups excluding carboxylic acids is 1. The first kappa shape index (κ1) is 21.6. The quantitative estimate of drug-likeness (QED) is 0.407. The molecule has 1 aliphatic rings. The highest BCUT2D eigenvalue weighted by molar-refractivity contribution is 6.10. The smallest absolute Gasteiger partial charge is 0.200 e. The van der Waals surface area contributed by atoms with Crippen LogP contribution < -0.4 is 24.4 Å². The highest BCUT2D eigenvalue weighted by Gasteiger charge is 2.22. The number of rotatable bonds is 6. The molecular formula is C27H23NO6. The zero-order valence-corrected chi connectivity index (χ0v) is 18.9. The molecule has 0 radical (unpaired) electrons. The van der Waals surface area contributed by atoms with Crippen molar-refractivity contribution in [2.75, 3.05) is 27.4 Å². The molecule has 7 nitrogen and oxygen atoms in total. The van der Waals surface area contributed by atoms with E-state index in [-0.39, 0.29) is 11.0 Å². The van der Waals surface area contributed by atoms with Crippen LogP contribution in [0.5, 0.6) is 23.0 Å². The Kier molecular flexibility index (Phi) is 5.67. The second-order valence-electron chi connectivity index (χ2n) is 7.90. The van der Waals surface area contributed by atoms with Gasteiger partial charge in [-0.1, -0.05) is 30.3 Å². The summed E-state index contributed by atoms with van der Waals surface area (Å²) >= 11 is 0. The predicted octanol–water partition coefficient (Wildman–Crippen LogP) is 4.07. The summed E-state index contributed by atoms with van der Waals surface area (Å²) in [6.45, 7) is 1.32. The largest absolute Gasteiger partial charge is 0.493 e. The molecule has 172 valence electrons. The van der Waals surface area contributed by atoms with Gasteiger partial charge in [-0.3, -0.25) is 9.59 Å². The number of ether oxygens (including phenoxy) is 4. The number of hydrogen-bond donors (Lipinski definition) is 0. The molecule has 7 heteroatoms. The highest BCUT2D eigenvalue weighted by Crippen LogP contribution is 2.34. The Bertz CT molecular complexity index is 1440. The minimum absolute atomic E-state index is 0.0623. The van der Waals surface area contributed by atoms with Crippen LogP contribution in [-0.2, 0) is 6.54 Å². The number of ketones is 1. The van der Waals surface area contributed by atoms with Gasteiger partial charge in [0.05, 0.1) is 30.7 Å². The topological polar surface area (TPSA) is 76.0 Å². The number of pyridine rings is 1. The summed E-state index contributed by atoms with van der Waals surface area (Å²) in [5.41, 5.74) is 1.73. The van der Waals surface area contributed by atoms with Gasteiger partial charge in [0.2, 0.25) is 5.43 Å². The van der Waals surface area contributed by atoms with Crippen LogP contribution in [0.1, 0.15) is 21.5 Å². The summed E-state index contributed by atoms with van der Waals surface area (Å²) in [5, 5.41) is 0.395. The van der Waals surface area contributed by atoms with Crippen LogP contribution in [0.3, 0.4) is 0 Å². The first-order chi connectivity index (χ1) is 16.6. The number of nitrogens with zero attached hydrogens (tertiary/aromatic N) is 1. The van der Waals surface area contributed by atoms with E-state index in [2.05, 4.69) is 0 Å². The molecule has 0 saturated heterocycles. The van der Waals surface area contributed by atoms with Crippen LogP contribution in [0.4, 0.5) is 0 Å². The van der Waals surface area contributed by atoms with Crippen LogP contribution >= 0.6 is 0 Å². The van der Waals surface area contributed by atoms with Gasteiger partial charge in [0.15, 0.2) is 28.8 Å². The van der Waals surface area contributed by atoms with Crippen molar-refractivity contribution in [3.8, 4) is 23.0 Å². The molecule has 5 rings (SSSR count). The molecule has 34 heavy (non-hydrogen) atoms. The van der Waals surface area contributed by atoms with E-state index in [1.807, 2.05) is 34.9 Å². The maximum Gasteiger partial charge on any atom is 0.200 e. The van der Waals surface area contributed by atoms with Crippen molar-refractivity contribution in [3.05, 3.63) is 93.8 Å². The van der Waals surface area contributed by atoms with Gasteiger partial charge < -0.3 is 23.5 Å². The summed E-state index contributed by atoms with van der Waals surface area (Å²) in [6, 6.07) is 18.2. The molecule has 2 heterocycles. The molecule has 0 fully saturated rings. The molecular weight excluding hydrogens is 434 g/mol. The van der Waals surface area contributed by atoms with Gasteiger partial charge in [-0.15, -0.1) is 0 Å². The molecule has 0 amide bonds. The summed E-state index contributed by atoms with van der Waals surface area (Å²) in [5.74, 6) is 1.60. The molecule has 1 aromatic heterocycles. The van der Waals surface area contributed by atoms with E-state index in [0.29, 0.717) is 59.2 Å². The van der Waals surface area contributed by atoms with Crippen molar-refractivity contribution < 1.29 is 23.7 Å². The van der Waals surface area contributed by atoms with E-state index in [4.69, 9.17) is 18.9 Å². The van der Waals surface area contributed by atoms with Crippen molar-refractivity contribution in [1.29, 1.82) is 0 Å². The normalized spacial score (nSPS) is 12.4. The molecule has 0 N–H and O–H groups in total. The van der Waals surface area contributed by atoms with Gasteiger partial charge in [-0.25, -0.2) is 0 Å². The van der Waals surface area contributed by atoms with E-state index in [0.717, 1.165) is 5.56 Å². The molecule has 0 saturated carbocycles. The Morgan fingerprint density at radius 3 is 2.32 bits per heavy atom. The highest BCUT2D eigenvalue weighted by atomic mass is 16.6. The molecule has 0 spiro atoms. The number of hydrogen-bond acceptors (Lipinski definition) is 6. The molecule has 0 aliphatic carbocycles. The SMILES string of the molecule is COc1ccc(C(=O)c2cn(Cc3ccccc3)c3cc4c(cc3c2=O)OCCO4)cc1OC. The zero-order chi connectivity index (χ0) is 23.7. The van der Waals surface area contributed by atoms with Crippen molar-refractivity contribution >= 4 is 16.7 Å². The average Bonchev–Trinajstić information content (AvgIpc) is 2.89. The summed E-state index contributed by atoms with van der Waals surface area (Å²) in [7, 11) is 3.03. The van der Waals surface area contributed by atoms with Crippen LogP contribution in [0.2, 0.25) is 0 Å². The number of fused-ring (bicyclic) bond motifs is 2. The van der Waals surface area contributed by atoms with Crippen LogP contribution in [0, 0.1) is 0 Å². The molecule has 1 aliphatic heterocycles. The van der Waals surface area contributed by atoms with Crippen molar-refractivity contribution in [3.63, 3.8) is 0 Å². The van der Waals surface area contributed by atoms with Gasteiger partial charge in [0.25, 0.3) is 0 Å². The number of methoxy groups -OCH3 is 2. The number of benzene rings is 3. The van der Waals surface area contributed by atoms with Gasteiger partial charge in [-0.2, -0.15) is 0 Å². The third-order valence-electron chi connectivity index (χ3n) is 5.83. The van der Waals surface area contributed by atoms with Gasteiger partial charge in [0, 0.05) is 24.4 Å². The molecule has 4 aromatic rings. The molecule has 0 unspecified atom stereocenters. The van der Waals surface area contributed by atoms with E-state index in [1.165, 1.54) is 14.2 Å². The fraction of sp³-hybridized carbons (Fsp3) is 0.185. The molecule has 0 atom stereocenters. The average molecular weight is 457 g/mol. The lowest BCUT2D eigenvalue weighted by molar-refractivity contribution is 0.103. The van der Waals surface area contributed by atoms with Gasteiger partial charge >= 0.3 is 0 Å². The Morgan fingerprint density at radius 1 is 0.912 bits per heavy atom. The fourth-order valence-corrected chi connectivity index (χ4v) is 4.13. The standard InChI is InChI=1S/C27H23NO6/c1-31-22-9-8-18(12-23(22)32-2)26(29)20-16-28(15-17-6-4-3-5-7-17)21-14-25-24(33-10-11-34-25)13-19(21)27(20)30/h3-9,12-14,16H,10-11,15H2,1-2H3. The molecule has 3 aromatic carbocycles. The first-order valence-electron chi connectivity index (χ1n) is 10.9. The van der Waals surface area contributed by atoms with Gasteiger partial charge in [0.1, 0.15) is 13.2 Å². The summed E-state index contributed by atoms with van der Waals surface area (Å²) in [6.07, 6.45) is 1.62. The lowest BCUT2D eigenvalue weighted by atomic mass is 10.0. The van der Waals surface area contributed by atoms with E-state index in [9.17, 15) is 9.59 Å². The monoisotopic (exact) mass is 457 g/mol. The third kappa shape index (κ3) is 3.85. The van der Waals surface area contributed by atoms with Crippen LogP contribution in [-0.4, -0.2) is 37.8 Å². The Hall–Kier alpha value is -4.26. The first-order valence-corrected chi connectivity index (χ1v) is 10.9. The third-order valence-corrected chi connectivity index (χ3v) is 5.83. The summed E-state index contributed by atoms with van der Waals surface area (Å²) in [4.78, 5) is 27.0. The van der Waals surface area contributed by atoms with Crippen molar-refractivity contribution in [2.24, 2.45) is 0 Å². The van der Waals surface area contributed by atoms with Crippen molar-refractivity contribution in [1.82, 2.24) is 4.57 Å². The fourth-order valence-electron chi connectivity index (χ4n) is 4.13. The van der Waals surface area contributed by atoms with E-state index >= 15 is 0 Å². The number of carbonyl (C=O) groups is 1. The van der Waals surface area contributed by atoms with E-state index in [1.54, 1.807) is 36.5 Å². The second-order valence-corrected chi connectivity index (χ2v) is 7.90. The van der Waals surface area contributed by atoms with Crippen molar-refractivity contribution in [2.45, 2.75) is 6.54 Å². The Labute approximate surface area is 196 Å². The summed E-state index contributed by atoms with van der Waals surface area (Å²) < 4.78 is 23.9. The minimum Gasteiger partial charge on any atom is -0.493 e. The van der Waals surface area contributed by atoms with E-state index < -0.39 is 5.78 Å². The maximum absolute atomic E-state index is 13.5. The Balaban J connectivity index is 1.69. The number of aromatic nitrogens is 1. The van der Waals surface area contributed by atoms with Crippen LogP contribution in [0.25, 0.3) is 10.9 Å². The maximum atomic E-state index is 13.5. The Morgan fingerprint density at radius 2 is 1.62 bits per heavy atom. The lowest BCUT2D eigenvalue weighted by Crippen LogP contribution is -2.21. The molecule has 0 bridgehead atoms. The minimum atomic E-state index is -0.399. The zero-order valence-electron chi connectivity index (χ0n) is 18.9. The van der Waals surface area contributed by atoms with Crippen LogP contribution in [0.15, 0.2) is 71.7 Å². The lowest BCUT2D eigenvalue weighted by Gasteiger charge is -2.21. The van der Waals surface area contributed by atoms with Gasteiger partial charge in [-0.05, 0) is 29.8 Å². The predicted molar refractivity (Wildman–Crippen MR) is 128 cm³/mol. The second kappa shape index (κ2) is 8.94.